The minimum absolute atomic E-state index is 0.0758. The molecule has 0 heterocycles. The lowest BCUT2D eigenvalue weighted by atomic mass is 9.88. The summed E-state index contributed by atoms with van der Waals surface area (Å²) in [7, 11) is -1.08. The topological polar surface area (TPSA) is 29.1 Å². The summed E-state index contributed by atoms with van der Waals surface area (Å²) >= 11 is 0. The molecule has 21 heavy (non-hydrogen) atoms. The standard InChI is InChI=1S/C18H25NOS/c1-14-10-12-16(13-11-14)17(15-8-6-5-7-9-15)19-21(20)18(2,3)4/h5-8,10-13,15,17,19H,9H2,1-4H3/t15-,17-,21?/m0/s1. The van der Waals surface area contributed by atoms with Crippen molar-refractivity contribution in [2.45, 2.75) is 44.9 Å². The fourth-order valence-electron chi connectivity index (χ4n) is 2.32. The van der Waals surface area contributed by atoms with Gasteiger partial charge in [-0.2, -0.15) is 0 Å². The van der Waals surface area contributed by atoms with E-state index >= 15 is 0 Å². The van der Waals surface area contributed by atoms with Gasteiger partial charge in [0.2, 0.25) is 0 Å². The number of hydrogen-bond donors (Lipinski definition) is 1. The van der Waals surface area contributed by atoms with Crippen LogP contribution in [0.15, 0.2) is 48.6 Å². The van der Waals surface area contributed by atoms with Crippen LogP contribution in [0.4, 0.5) is 0 Å². The summed E-state index contributed by atoms with van der Waals surface area (Å²) in [6.45, 7) is 8.08. The molecule has 0 aromatic heterocycles. The predicted octanol–water partition coefficient (Wildman–Crippen LogP) is 4.22. The Morgan fingerprint density at radius 2 is 1.86 bits per heavy atom. The van der Waals surface area contributed by atoms with E-state index in [2.05, 4.69) is 60.2 Å². The van der Waals surface area contributed by atoms with Gasteiger partial charge in [0, 0.05) is 5.92 Å². The van der Waals surface area contributed by atoms with Crippen LogP contribution >= 0.6 is 0 Å². The Bertz CT molecular complexity index is 552. The third-order valence-corrected chi connectivity index (χ3v) is 5.25. The van der Waals surface area contributed by atoms with Crippen LogP contribution in [0.25, 0.3) is 0 Å². The van der Waals surface area contributed by atoms with Crippen LogP contribution in [0.3, 0.4) is 0 Å². The highest BCUT2D eigenvalue weighted by molar-refractivity contribution is 7.84. The van der Waals surface area contributed by atoms with Crippen LogP contribution in [0, 0.1) is 12.8 Å². The van der Waals surface area contributed by atoms with Gasteiger partial charge in [-0.15, -0.1) is 0 Å². The fourth-order valence-corrected chi connectivity index (χ4v) is 3.21. The van der Waals surface area contributed by atoms with Crippen LogP contribution in [0.5, 0.6) is 0 Å². The van der Waals surface area contributed by atoms with Crippen LogP contribution in [0.2, 0.25) is 0 Å². The Morgan fingerprint density at radius 3 is 2.38 bits per heavy atom. The van der Waals surface area contributed by atoms with Gasteiger partial charge in [0.05, 0.1) is 21.8 Å². The van der Waals surface area contributed by atoms with Gasteiger partial charge in [-0.3, -0.25) is 0 Å². The van der Waals surface area contributed by atoms with E-state index in [-0.39, 0.29) is 10.8 Å². The van der Waals surface area contributed by atoms with E-state index in [0.717, 1.165) is 6.42 Å². The molecule has 3 heteroatoms. The van der Waals surface area contributed by atoms with Gasteiger partial charge in [-0.1, -0.05) is 54.1 Å². The average molecular weight is 303 g/mol. The summed E-state index contributed by atoms with van der Waals surface area (Å²) in [6.07, 6.45) is 9.51. The fraction of sp³-hybridized carbons (Fsp3) is 0.444. The first-order valence-electron chi connectivity index (χ1n) is 7.46. The van der Waals surface area contributed by atoms with E-state index in [9.17, 15) is 4.21 Å². The summed E-state index contributed by atoms with van der Waals surface area (Å²) < 4.78 is 15.6. The zero-order valence-corrected chi connectivity index (χ0v) is 14.1. The summed E-state index contributed by atoms with van der Waals surface area (Å²) in [6, 6.07) is 8.59. The van der Waals surface area contributed by atoms with Crippen molar-refractivity contribution in [3.8, 4) is 0 Å². The lowest BCUT2D eigenvalue weighted by molar-refractivity contribution is 0.482. The molecule has 1 unspecified atom stereocenters. The van der Waals surface area contributed by atoms with Gasteiger partial charge in [-0.05, 0) is 39.7 Å². The minimum atomic E-state index is -1.08. The molecule has 0 spiro atoms. The number of rotatable bonds is 4. The molecule has 0 aliphatic heterocycles. The molecule has 2 rings (SSSR count). The summed E-state index contributed by atoms with van der Waals surface area (Å²) in [5, 5.41) is 0. The molecule has 1 aliphatic carbocycles. The molecule has 3 atom stereocenters. The zero-order chi connectivity index (χ0) is 15.5. The second-order valence-electron chi connectivity index (χ2n) is 6.60. The van der Waals surface area contributed by atoms with Gasteiger partial charge >= 0.3 is 0 Å². The van der Waals surface area contributed by atoms with Crippen molar-refractivity contribution in [2.24, 2.45) is 5.92 Å². The van der Waals surface area contributed by atoms with Gasteiger partial charge < -0.3 is 0 Å². The molecule has 1 aromatic rings. The normalized spacial score (nSPS) is 21.2. The highest BCUT2D eigenvalue weighted by atomic mass is 32.2. The Kier molecular flexibility index (Phi) is 5.17. The van der Waals surface area contributed by atoms with E-state index in [1.165, 1.54) is 11.1 Å². The van der Waals surface area contributed by atoms with Gasteiger partial charge in [0.1, 0.15) is 0 Å². The highest BCUT2D eigenvalue weighted by Gasteiger charge is 2.27. The van der Waals surface area contributed by atoms with Crippen LogP contribution in [-0.4, -0.2) is 8.96 Å². The van der Waals surface area contributed by atoms with E-state index in [1.807, 2.05) is 20.8 Å². The number of hydrogen-bond acceptors (Lipinski definition) is 1. The van der Waals surface area contributed by atoms with Crippen molar-refractivity contribution in [2.75, 3.05) is 0 Å². The van der Waals surface area contributed by atoms with Crippen molar-refractivity contribution in [1.82, 2.24) is 4.72 Å². The molecular formula is C18H25NOS. The third kappa shape index (κ3) is 4.39. The van der Waals surface area contributed by atoms with E-state index < -0.39 is 11.0 Å². The maximum Gasteiger partial charge on any atom is 0.0976 e. The molecule has 0 fully saturated rings. The molecule has 114 valence electrons. The monoisotopic (exact) mass is 303 g/mol. The first-order chi connectivity index (χ1) is 9.88. The Morgan fingerprint density at radius 1 is 1.19 bits per heavy atom. The van der Waals surface area contributed by atoms with E-state index in [4.69, 9.17) is 0 Å². The van der Waals surface area contributed by atoms with E-state index in [0.29, 0.717) is 5.92 Å². The molecular weight excluding hydrogens is 278 g/mol. The summed E-state index contributed by atoms with van der Waals surface area (Å²) in [4.78, 5) is 0. The lowest BCUT2D eigenvalue weighted by Gasteiger charge is -2.29. The predicted molar refractivity (Wildman–Crippen MR) is 91.3 cm³/mol. The van der Waals surface area contributed by atoms with Crippen molar-refractivity contribution < 1.29 is 4.21 Å². The number of allylic oxidation sites excluding steroid dienone is 3. The second-order valence-corrected chi connectivity index (χ2v) is 8.60. The summed E-state index contributed by atoms with van der Waals surface area (Å²) in [5.74, 6) is 0.337. The Balaban J connectivity index is 2.26. The molecule has 0 amide bonds. The maximum absolute atomic E-state index is 12.5. The van der Waals surface area contributed by atoms with Crippen molar-refractivity contribution in [1.29, 1.82) is 0 Å². The van der Waals surface area contributed by atoms with Crippen molar-refractivity contribution >= 4 is 11.0 Å². The van der Waals surface area contributed by atoms with Crippen molar-refractivity contribution in [3.63, 3.8) is 0 Å². The first-order valence-corrected chi connectivity index (χ1v) is 8.61. The minimum Gasteiger partial charge on any atom is -0.242 e. The maximum atomic E-state index is 12.5. The number of nitrogens with one attached hydrogen (secondary N) is 1. The molecule has 0 saturated carbocycles. The third-order valence-electron chi connectivity index (χ3n) is 3.67. The van der Waals surface area contributed by atoms with Gasteiger partial charge in [0.25, 0.3) is 0 Å². The molecule has 2 nitrogen and oxygen atoms in total. The SMILES string of the molecule is Cc1ccc([C@@H](NS(=O)C(C)(C)C)[C@H]2C=CC=CC2)cc1. The average Bonchev–Trinajstić information content (AvgIpc) is 2.45. The largest absolute Gasteiger partial charge is 0.242 e. The first kappa shape index (κ1) is 16.2. The summed E-state index contributed by atoms with van der Waals surface area (Å²) in [5.41, 5.74) is 2.44. The number of aryl methyl sites for hydroxylation is 1. The molecule has 0 radical (unpaired) electrons. The smallest absolute Gasteiger partial charge is 0.0976 e. The Hall–Kier alpha value is -1.19. The van der Waals surface area contributed by atoms with Crippen LogP contribution in [-0.2, 0) is 11.0 Å². The van der Waals surface area contributed by atoms with Crippen LogP contribution in [0.1, 0.15) is 44.4 Å². The van der Waals surface area contributed by atoms with Crippen LogP contribution < -0.4 is 4.72 Å². The molecule has 1 aliphatic rings. The molecule has 1 N–H and O–H groups in total. The molecule has 0 bridgehead atoms. The zero-order valence-electron chi connectivity index (χ0n) is 13.3. The molecule has 1 aromatic carbocycles. The van der Waals surface area contributed by atoms with Gasteiger partial charge in [-0.25, -0.2) is 8.93 Å². The lowest BCUT2D eigenvalue weighted by Crippen LogP contribution is -2.38. The molecule has 0 saturated heterocycles. The van der Waals surface area contributed by atoms with Crippen molar-refractivity contribution in [3.05, 3.63) is 59.7 Å². The number of benzene rings is 1. The quantitative estimate of drug-likeness (QED) is 0.886. The highest BCUT2D eigenvalue weighted by Crippen LogP contribution is 2.30. The van der Waals surface area contributed by atoms with E-state index in [1.54, 1.807) is 0 Å². The van der Waals surface area contributed by atoms with Gasteiger partial charge in [0.15, 0.2) is 0 Å². The Labute approximate surface area is 130 Å². The second kappa shape index (κ2) is 6.71.